The second-order valence-electron chi connectivity index (χ2n) is 3.92. The average Bonchev–Trinajstić information content (AvgIpc) is 2.45. The van der Waals surface area contributed by atoms with Crippen molar-refractivity contribution < 1.29 is 14.4 Å². The van der Waals surface area contributed by atoms with Crippen molar-refractivity contribution in [1.29, 1.82) is 0 Å². The summed E-state index contributed by atoms with van der Waals surface area (Å²) in [6.45, 7) is 2.20. The van der Waals surface area contributed by atoms with Crippen LogP contribution in [0.25, 0.3) is 0 Å². The van der Waals surface area contributed by atoms with Crippen LogP contribution >= 0.6 is 15.9 Å². The molecule has 104 valence electrons. The van der Waals surface area contributed by atoms with Gasteiger partial charge >= 0.3 is 0 Å². The number of hydrogen-bond donors (Lipinski definition) is 1. The predicted octanol–water partition coefficient (Wildman–Crippen LogP) is 3.92. The topological polar surface area (TPSA) is 47.6 Å². The molecule has 0 aliphatic heterocycles. The fourth-order valence-corrected chi connectivity index (χ4v) is 1.97. The lowest BCUT2D eigenvalue weighted by atomic mass is 10.2. The first-order valence-corrected chi connectivity index (χ1v) is 6.94. The maximum atomic E-state index is 12.0. The number of rotatable bonds is 5. The molecular weight excluding hydrogens is 322 g/mol. The van der Waals surface area contributed by atoms with Gasteiger partial charge in [0.25, 0.3) is 5.91 Å². The van der Waals surface area contributed by atoms with Crippen LogP contribution in [0, 0.1) is 0 Å². The third-order valence-corrected chi connectivity index (χ3v) is 2.96. The quantitative estimate of drug-likeness (QED) is 0.842. The molecule has 0 heterocycles. The Morgan fingerprint density at radius 3 is 2.75 bits per heavy atom. The van der Waals surface area contributed by atoms with Crippen LogP contribution < -0.4 is 10.2 Å². The highest BCUT2D eigenvalue weighted by Crippen LogP contribution is 2.27. The van der Waals surface area contributed by atoms with Crippen LogP contribution in [0.4, 0.5) is 0 Å². The summed E-state index contributed by atoms with van der Waals surface area (Å²) < 4.78 is 6.65. The molecule has 0 aliphatic carbocycles. The van der Waals surface area contributed by atoms with Crippen molar-refractivity contribution in [2.45, 2.75) is 6.92 Å². The van der Waals surface area contributed by atoms with Crippen LogP contribution in [0.2, 0.25) is 0 Å². The number of hydroxylamine groups is 1. The summed E-state index contributed by atoms with van der Waals surface area (Å²) in [5.74, 6) is 0.788. The Hall–Kier alpha value is -1.85. The molecule has 0 saturated heterocycles. The number of carbonyl (C=O) groups excluding carboxylic acids is 1. The lowest BCUT2D eigenvalue weighted by molar-refractivity contribution is 0.0362. The Kier molecular flexibility index (Phi) is 5.15. The molecule has 2 rings (SSSR count). The first-order valence-electron chi connectivity index (χ1n) is 6.15. The van der Waals surface area contributed by atoms with Crippen LogP contribution in [0.1, 0.15) is 17.3 Å². The largest absolute Gasteiger partial charge is 0.456 e. The first kappa shape index (κ1) is 14.6. The normalized spacial score (nSPS) is 10.1. The van der Waals surface area contributed by atoms with E-state index in [9.17, 15) is 4.79 Å². The van der Waals surface area contributed by atoms with Gasteiger partial charge in [-0.25, -0.2) is 5.48 Å². The fraction of sp³-hybridized carbons (Fsp3) is 0.133. The molecule has 0 atom stereocenters. The van der Waals surface area contributed by atoms with Gasteiger partial charge in [0.1, 0.15) is 11.5 Å². The maximum absolute atomic E-state index is 12.0. The van der Waals surface area contributed by atoms with E-state index >= 15 is 0 Å². The van der Waals surface area contributed by atoms with E-state index in [-0.39, 0.29) is 5.91 Å². The molecule has 20 heavy (non-hydrogen) atoms. The summed E-state index contributed by atoms with van der Waals surface area (Å²) >= 11 is 3.38. The zero-order valence-corrected chi connectivity index (χ0v) is 12.5. The van der Waals surface area contributed by atoms with E-state index in [0.29, 0.717) is 23.7 Å². The van der Waals surface area contributed by atoms with Gasteiger partial charge in [-0.15, -0.1) is 0 Å². The molecule has 0 radical (unpaired) electrons. The van der Waals surface area contributed by atoms with Gasteiger partial charge in [-0.3, -0.25) is 9.63 Å². The molecule has 1 N–H and O–H groups in total. The molecule has 2 aromatic carbocycles. The molecule has 4 nitrogen and oxygen atoms in total. The van der Waals surface area contributed by atoms with Crippen molar-refractivity contribution in [1.82, 2.24) is 5.48 Å². The zero-order valence-electron chi connectivity index (χ0n) is 10.9. The molecular formula is C15H14BrNO3. The SMILES string of the molecule is CCONC(=O)c1ccccc1Oc1cccc(Br)c1. The van der Waals surface area contributed by atoms with E-state index in [0.717, 1.165) is 4.47 Å². The molecule has 5 heteroatoms. The Balaban J connectivity index is 2.21. The number of ether oxygens (including phenoxy) is 1. The monoisotopic (exact) mass is 335 g/mol. The highest BCUT2D eigenvalue weighted by atomic mass is 79.9. The molecule has 0 aromatic heterocycles. The number of amides is 1. The van der Waals surface area contributed by atoms with Gasteiger partial charge in [-0.2, -0.15) is 0 Å². The third kappa shape index (κ3) is 3.82. The van der Waals surface area contributed by atoms with E-state index < -0.39 is 0 Å². The van der Waals surface area contributed by atoms with E-state index in [4.69, 9.17) is 9.57 Å². The van der Waals surface area contributed by atoms with Gasteiger partial charge in [0, 0.05) is 4.47 Å². The van der Waals surface area contributed by atoms with Crippen molar-refractivity contribution in [3.8, 4) is 11.5 Å². The minimum atomic E-state index is -0.336. The Morgan fingerprint density at radius 2 is 2.00 bits per heavy atom. The second-order valence-corrected chi connectivity index (χ2v) is 4.84. The highest BCUT2D eigenvalue weighted by Gasteiger charge is 2.12. The predicted molar refractivity (Wildman–Crippen MR) is 79.8 cm³/mol. The zero-order chi connectivity index (χ0) is 14.4. The fourth-order valence-electron chi connectivity index (χ4n) is 1.59. The highest BCUT2D eigenvalue weighted by molar-refractivity contribution is 9.10. The Bertz CT molecular complexity index is 601. The van der Waals surface area contributed by atoms with Crippen LogP contribution in [0.15, 0.2) is 53.0 Å². The molecule has 0 bridgehead atoms. The van der Waals surface area contributed by atoms with Gasteiger partial charge in [0.15, 0.2) is 0 Å². The molecule has 0 spiro atoms. The number of para-hydroxylation sites is 1. The lowest BCUT2D eigenvalue weighted by Gasteiger charge is -2.11. The van der Waals surface area contributed by atoms with E-state index in [2.05, 4.69) is 21.4 Å². The number of carbonyl (C=O) groups is 1. The molecule has 0 aliphatic rings. The molecule has 0 saturated carbocycles. The summed E-state index contributed by atoms with van der Waals surface area (Å²) in [4.78, 5) is 16.9. The van der Waals surface area contributed by atoms with Gasteiger partial charge in [0.05, 0.1) is 12.2 Å². The summed E-state index contributed by atoms with van der Waals surface area (Å²) in [6.07, 6.45) is 0. The molecule has 1 amide bonds. The van der Waals surface area contributed by atoms with Crippen molar-refractivity contribution in [2.24, 2.45) is 0 Å². The van der Waals surface area contributed by atoms with Crippen molar-refractivity contribution >= 4 is 21.8 Å². The minimum Gasteiger partial charge on any atom is -0.456 e. The van der Waals surface area contributed by atoms with Crippen molar-refractivity contribution in [2.75, 3.05) is 6.61 Å². The van der Waals surface area contributed by atoms with Crippen molar-refractivity contribution in [3.05, 3.63) is 58.6 Å². The maximum Gasteiger partial charge on any atom is 0.278 e. The van der Waals surface area contributed by atoms with Crippen LogP contribution in [-0.2, 0) is 4.84 Å². The van der Waals surface area contributed by atoms with E-state index in [1.165, 1.54) is 0 Å². The number of benzene rings is 2. The molecule has 0 unspecified atom stereocenters. The van der Waals surface area contributed by atoms with Crippen LogP contribution in [-0.4, -0.2) is 12.5 Å². The Morgan fingerprint density at radius 1 is 1.20 bits per heavy atom. The standard InChI is InChI=1S/C15H14BrNO3/c1-2-19-17-15(18)13-8-3-4-9-14(13)20-12-7-5-6-11(16)10-12/h3-10H,2H2,1H3,(H,17,18). The summed E-state index contributed by atoms with van der Waals surface area (Å²) in [5, 5.41) is 0. The second kappa shape index (κ2) is 7.07. The van der Waals surface area contributed by atoms with Gasteiger partial charge in [-0.05, 0) is 37.3 Å². The summed E-state index contributed by atoms with van der Waals surface area (Å²) in [6, 6.07) is 14.4. The van der Waals surface area contributed by atoms with Gasteiger partial charge in [-0.1, -0.05) is 34.1 Å². The summed E-state index contributed by atoms with van der Waals surface area (Å²) in [7, 11) is 0. The first-order chi connectivity index (χ1) is 9.70. The van der Waals surface area contributed by atoms with E-state index in [1.54, 1.807) is 25.1 Å². The van der Waals surface area contributed by atoms with Gasteiger partial charge in [0.2, 0.25) is 0 Å². The third-order valence-electron chi connectivity index (χ3n) is 2.46. The smallest absolute Gasteiger partial charge is 0.278 e. The molecule has 0 fully saturated rings. The van der Waals surface area contributed by atoms with Crippen molar-refractivity contribution in [3.63, 3.8) is 0 Å². The number of halogens is 1. The van der Waals surface area contributed by atoms with E-state index in [1.807, 2.05) is 30.3 Å². The van der Waals surface area contributed by atoms with Crippen LogP contribution in [0.3, 0.4) is 0 Å². The number of nitrogens with one attached hydrogen (secondary N) is 1. The van der Waals surface area contributed by atoms with Crippen LogP contribution in [0.5, 0.6) is 11.5 Å². The average molecular weight is 336 g/mol. The minimum absolute atomic E-state index is 0.336. The van der Waals surface area contributed by atoms with Gasteiger partial charge < -0.3 is 4.74 Å². The molecule has 2 aromatic rings. The summed E-state index contributed by atoms with van der Waals surface area (Å²) in [5.41, 5.74) is 2.78. The lowest BCUT2D eigenvalue weighted by Crippen LogP contribution is -2.23. The number of hydrogen-bond acceptors (Lipinski definition) is 3. The Labute approximate surface area is 125 Å².